The van der Waals surface area contributed by atoms with Crippen molar-refractivity contribution in [1.82, 2.24) is 9.97 Å². The molecule has 5 heteroatoms. The van der Waals surface area contributed by atoms with Gasteiger partial charge in [0.2, 0.25) is 0 Å². The number of benzene rings is 1. The maximum Gasteiger partial charge on any atom is 0.340 e. The van der Waals surface area contributed by atoms with E-state index < -0.39 is 11.9 Å². The number of hydrogen-bond acceptors (Lipinski definition) is 5. The number of methoxy groups -OCH3 is 1. The predicted octanol–water partition coefficient (Wildman–Crippen LogP) is 3.07. The largest absolute Gasteiger partial charge is 0.465 e. The topological polar surface area (TPSA) is 75.9 Å². The zero-order chi connectivity index (χ0) is 16.2. The summed E-state index contributed by atoms with van der Waals surface area (Å²) in [5.74, 6) is -1.06. The van der Waals surface area contributed by atoms with Crippen molar-refractivity contribution in [1.29, 1.82) is 5.26 Å². The van der Waals surface area contributed by atoms with Gasteiger partial charge in [0.05, 0.1) is 30.1 Å². The van der Waals surface area contributed by atoms with Crippen LogP contribution >= 0.6 is 0 Å². The molecule has 5 nitrogen and oxygen atoms in total. The molecular weight excluding hydrogens is 290 g/mol. The number of esters is 1. The highest BCUT2D eigenvalue weighted by molar-refractivity contribution is 6.04. The summed E-state index contributed by atoms with van der Waals surface area (Å²) < 4.78 is 4.80. The first-order valence-electron chi connectivity index (χ1n) is 7.02. The van der Waals surface area contributed by atoms with Crippen LogP contribution < -0.4 is 0 Å². The molecule has 0 saturated carbocycles. The molecule has 1 aromatic carbocycles. The van der Waals surface area contributed by atoms with Gasteiger partial charge in [-0.25, -0.2) is 4.79 Å². The van der Waals surface area contributed by atoms with Crippen molar-refractivity contribution in [2.75, 3.05) is 7.11 Å². The van der Waals surface area contributed by atoms with Gasteiger partial charge in [-0.1, -0.05) is 30.3 Å². The number of nitriles is 1. The van der Waals surface area contributed by atoms with E-state index >= 15 is 0 Å². The van der Waals surface area contributed by atoms with Gasteiger partial charge < -0.3 is 4.74 Å². The fourth-order valence-electron chi connectivity index (χ4n) is 2.53. The lowest BCUT2D eigenvalue weighted by Gasteiger charge is -2.13. The third kappa shape index (κ3) is 2.62. The van der Waals surface area contributed by atoms with Crippen molar-refractivity contribution in [3.05, 3.63) is 71.8 Å². The van der Waals surface area contributed by atoms with Crippen LogP contribution in [0.4, 0.5) is 0 Å². The van der Waals surface area contributed by atoms with Crippen molar-refractivity contribution >= 4 is 16.7 Å². The van der Waals surface area contributed by atoms with E-state index in [1.165, 1.54) is 13.3 Å². The van der Waals surface area contributed by atoms with E-state index in [-0.39, 0.29) is 0 Å². The fourth-order valence-corrected chi connectivity index (χ4v) is 2.53. The van der Waals surface area contributed by atoms with Crippen molar-refractivity contribution in [2.45, 2.75) is 5.92 Å². The Morgan fingerprint density at radius 2 is 1.87 bits per heavy atom. The highest BCUT2D eigenvalue weighted by Gasteiger charge is 2.21. The lowest BCUT2D eigenvalue weighted by molar-refractivity contribution is 0.0602. The summed E-state index contributed by atoms with van der Waals surface area (Å²) in [5.41, 5.74) is 1.58. The van der Waals surface area contributed by atoms with Crippen LogP contribution in [-0.2, 0) is 4.74 Å². The molecule has 0 radical (unpaired) electrons. The van der Waals surface area contributed by atoms with Crippen LogP contribution in [-0.4, -0.2) is 23.0 Å². The molecule has 0 saturated heterocycles. The van der Waals surface area contributed by atoms with Gasteiger partial charge in [-0.2, -0.15) is 5.26 Å². The summed E-state index contributed by atoms with van der Waals surface area (Å²) in [5, 5.41) is 11.0. The maximum atomic E-state index is 11.9. The average Bonchev–Trinajstić information content (AvgIpc) is 2.62. The third-order valence-corrected chi connectivity index (χ3v) is 3.62. The van der Waals surface area contributed by atoms with E-state index in [2.05, 4.69) is 16.0 Å². The van der Waals surface area contributed by atoms with Gasteiger partial charge in [0.15, 0.2) is 0 Å². The molecule has 0 fully saturated rings. The number of carbonyl (C=O) groups is 1. The second-order valence-corrected chi connectivity index (χ2v) is 4.91. The van der Waals surface area contributed by atoms with Crippen LogP contribution in [0.25, 0.3) is 10.8 Å². The zero-order valence-corrected chi connectivity index (χ0v) is 12.4. The Morgan fingerprint density at radius 3 is 2.52 bits per heavy atom. The highest BCUT2D eigenvalue weighted by Crippen LogP contribution is 2.29. The number of aromatic nitrogens is 2. The monoisotopic (exact) mass is 303 g/mol. The molecule has 0 bridgehead atoms. The molecule has 2 aromatic heterocycles. The van der Waals surface area contributed by atoms with Crippen LogP contribution in [0.1, 0.15) is 27.7 Å². The Hall–Kier alpha value is -3.26. The van der Waals surface area contributed by atoms with Crippen LogP contribution in [0.15, 0.2) is 54.9 Å². The Kier molecular flexibility index (Phi) is 3.98. The lowest BCUT2D eigenvalue weighted by atomic mass is 9.95. The number of nitrogens with zero attached hydrogens (tertiary/aromatic N) is 3. The Bertz CT molecular complexity index is 901. The van der Waals surface area contributed by atoms with Crippen molar-refractivity contribution in [3.8, 4) is 6.07 Å². The summed E-state index contributed by atoms with van der Waals surface area (Å²) in [6.45, 7) is 0. The van der Waals surface area contributed by atoms with Gasteiger partial charge in [0, 0.05) is 17.8 Å². The molecule has 23 heavy (non-hydrogen) atoms. The second kappa shape index (κ2) is 6.24. The molecule has 1 unspecified atom stereocenters. The van der Waals surface area contributed by atoms with Gasteiger partial charge in [0.1, 0.15) is 5.92 Å². The first kappa shape index (κ1) is 14.7. The average molecular weight is 303 g/mol. The summed E-state index contributed by atoms with van der Waals surface area (Å²) in [6, 6.07) is 15.0. The summed E-state index contributed by atoms with van der Waals surface area (Å²) in [6.07, 6.45) is 3.10. The molecule has 3 rings (SSSR count). The van der Waals surface area contributed by atoms with Gasteiger partial charge in [-0.05, 0) is 17.5 Å². The normalized spacial score (nSPS) is 11.7. The first-order valence-corrected chi connectivity index (χ1v) is 7.02. The number of ether oxygens (including phenoxy) is 1. The standard InChI is InChI=1S/C18H13N3O2/c1-23-18(22)15-11-21-17(13-7-3-2-6-12(13)15)14(10-19)16-8-4-5-9-20-16/h2-9,11,14H,1H3. The van der Waals surface area contributed by atoms with Crippen LogP contribution in [0.2, 0.25) is 0 Å². The SMILES string of the molecule is COC(=O)c1cnc(C(C#N)c2ccccn2)c2ccccc12. The molecule has 2 heterocycles. The number of carbonyl (C=O) groups excluding carboxylic acids is 1. The molecule has 0 aliphatic rings. The third-order valence-electron chi connectivity index (χ3n) is 3.62. The molecule has 112 valence electrons. The van der Waals surface area contributed by atoms with E-state index in [0.29, 0.717) is 22.3 Å². The highest BCUT2D eigenvalue weighted by atomic mass is 16.5. The Balaban J connectivity index is 2.23. The van der Waals surface area contributed by atoms with E-state index in [0.717, 1.165) is 5.39 Å². The zero-order valence-electron chi connectivity index (χ0n) is 12.4. The Labute approximate surface area is 133 Å². The van der Waals surface area contributed by atoms with E-state index in [4.69, 9.17) is 4.74 Å². The van der Waals surface area contributed by atoms with E-state index in [9.17, 15) is 10.1 Å². The maximum absolute atomic E-state index is 11.9. The van der Waals surface area contributed by atoms with Crippen molar-refractivity contribution < 1.29 is 9.53 Å². The minimum absolute atomic E-state index is 0.379. The molecule has 0 spiro atoms. The molecule has 0 aliphatic carbocycles. The summed E-state index contributed by atoms with van der Waals surface area (Å²) in [7, 11) is 1.33. The summed E-state index contributed by atoms with van der Waals surface area (Å²) >= 11 is 0. The smallest absolute Gasteiger partial charge is 0.340 e. The van der Waals surface area contributed by atoms with E-state index in [1.54, 1.807) is 18.3 Å². The minimum atomic E-state index is -0.604. The number of pyridine rings is 2. The van der Waals surface area contributed by atoms with Gasteiger partial charge in [0.25, 0.3) is 0 Å². The number of hydrogen-bond donors (Lipinski definition) is 0. The lowest BCUT2D eigenvalue weighted by Crippen LogP contribution is -2.08. The van der Waals surface area contributed by atoms with E-state index in [1.807, 2.05) is 30.3 Å². The van der Waals surface area contributed by atoms with Gasteiger partial charge in [-0.15, -0.1) is 0 Å². The quantitative estimate of drug-likeness (QED) is 0.695. The molecule has 3 aromatic rings. The first-order chi connectivity index (χ1) is 11.3. The second-order valence-electron chi connectivity index (χ2n) is 4.91. The number of rotatable bonds is 3. The van der Waals surface area contributed by atoms with Crippen molar-refractivity contribution in [3.63, 3.8) is 0 Å². The molecular formula is C18H13N3O2. The van der Waals surface area contributed by atoms with Gasteiger partial charge in [-0.3, -0.25) is 9.97 Å². The van der Waals surface area contributed by atoms with Crippen LogP contribution in [0.3, 0.4) is 0 Å². The molecule has 1 atom stereocenters. The predicted molar refractivity (Wildman–Crippen MR) is 84.8 cm³/mol. The Morgan fingerprint density at radius 1 is 1.13 bits per heavy atom. The fraction of sp³-hybridized carbons (Fsp3) is 0.111. The van der Waals surface area contributed by atoms with Gasteiger partial charge >= 0.3 is 5.97 Å². The van der Waals surface area contributed by atoms with Crippen molar-refractivity contribution in [2.24, 2.45) is 0 Å². The molecule has 0 amide bonds. The van der Waals surface area contributed by atoms with Crippen LogP contribution in [0.5, 0.6) is 0 Å². The minimum Gasteiger partial charge on any atom is -0.465 e. The molecule has 0 N–H and O–H groups in total. The van der Waals surface area contributed by atoms with Crippen LogP contribution in [0, 0.1) is 11.3 Å². The number of fused-ring (bicyclic) bond motifs is 1. The summed E-state index contributed by atoms with van der Waals surface area (Å²) in [4.78, 5) is 20.5. The molecule has 0 aliphatic heterocycles.